The number of amides is 1. The van der Waals surface area contributed by atoms with Crippen LogP contribution in [-0.2, 0) is 11.3 Å². The highest BCUT2D eigenvalue weighted by atomic mass is 35.5. The lowest BCUT2D eigenvalue weighted by Crippen LogP contribution is -2.31. The first kappa shape index (κ1) is 19.4. The van der Waals surface area contributed by atoms with Gasteiger partial charge in [0, 0.05) is 42.2 Å². The Hall–Kier alpha value is -2.93. The number of aliphatic carboxylic acids is 1. The lowest BCUT2D eigenvalue weighted by atomic mass is 10.1. The average molecular weight is 377 g/mol. The molecule has 1 N–H and O–H groups in total. The predicted octanol–water partition coefficient (Wildman–Crippen LogP) is 3.76. The quantitative estimate of drug-likeness (QED) is 0.558. The van der Waals surface area contributed by atoms with Crippen LogP contribution in [0.1, 0.15) is 28.8 Å². The molecule has 136 valence electrons. The highest BCUT2D eigenvalue weighted by molar-refractivity contribution is 6.30. The summed E-state index contributed by atoms with van der Waals surface area (Å²) in [4.78, 5) is 35.4. The fourth-order valence-corrected chi connectivity index (χ4v) is 2.54. The maximum atomic E-state index is 12.8. The molecule has 8 heteroatoms. The minimum atomic E-state index is -0.945. The van der Waals surface area contributed by atoms with Crippen molar-refractivity contribution in [3.63, 3.8) is 0 Å². The van der Waals surface area contributed by atoms with E-state index in [0.717, 1.165) is 5.56 Å². The van der Waals surface area contributed by atoms with Gasteiger partial charge in [0.2, 0.25) is 0 Å². The van der Waals surface area contributed by atoms with Crippen LogP contribution < -0.4 is 0 Å². The third-order valence-corrected chi connectivity index (χ3v) is 3.95. The predicted molar refractivity (Wildman–Crippen MR) is 96.2 cm³/mol. The van der Waals surface area contributed by atoms with E-state index in [0.29, 0.717) is 5.02 Å². The van der Waals surface area contributed by atoms with Crippen LogP contribution in [-0.4, -0.2) is 33.4 Å². The first-order valence-corrected chi connectivity index (χ1v) is 8.24. The lowest BCUT2D eigenvalue weighted by molar-refractivity contribution is -0.384. The normalized spacial score (nSPS) is 10.3. The van der Waals surface area contributed by atoms with E-state index in [9.17, 15) is 19.7 Å². The zero-order valence-corrected chi connectivity index (χ0v) is 14.6. The summed E-state index contributed by atoms with van der Waals surface area (Å²) < 4.78 is 0. The van der Waals surface area contributed by atoms with Crippen molar-refractivity contribution < 1.29 is 19.6 Å². The second-order valence-electron chi connectivity index (χ2n) is 5.66. The zero-order chi connectivity index (χ0) is 19.1. The molecule has 0 aliphatic rings. The number of carbonyl (C=O) groups excluding carboxylic acids is 1. The Bertz CT molecular complexity index is 807. The molecule has 0 radical (unpaired) electrons. The Kier molecular flexibility index (Phi) is 6.68. The minimum absolute atomic E-state index is 0.0701. The number of hydrogen-bond donors (Lipinski definition) is 1. The van der Waals surface area contributed by atoms with Gasteiger partial charge >= 0.3 is 5.97 Å². The summed E-state index contributed by atoms with van der Waals surface area (Å²) in [7, 11) is 0. The molecule has 0 atom stereocenters. The van der Waals surface area contributed by atoms with Crippen LogP contribution >= 0.6 is 11.6 Å². The van der Waals surface area contributed by atoms with Crippen LogP contribution in [0.2, 0.25) is 5.02 Å². The van der Waals surface area contributed by atoms with Gasteiger partial charge in [-0.05, 0) is 30.2 Å². The number of rotatable bonds is 8. The van der Waals surface area contributed by atoms with Gasteiger partial charge in [0.15, 0.2) is 0 Å². The van der Waals surface area contributed by atoms with E-state index in [-0.39, 0.29) is 37.2 Å². The van der Waals surface area contributed by atoms with Gasteiger partial charge in [0.1, 0.15) is 0 Å². The molecule has 0 unspecified atom stereocenters. The Balaban J connectivity index is 2.21. The molecule has 2 rings (SSSR count). The Morgan fingerprint density at radius 2 is 1.85 bits per heavy atom. The third kappa shape index (κ3) is 5.56. The second-order valence-corrected chi connectivity index (χ2v) is 6.09. The van der Waals surface area contributed by atoms with E-state index in [1.54, 1.807) is 24.3 Å². The molecule has 1 amide bonds. The van der Waals surface area contributed by atoms with E-state index in [1.165, 1.54) is 29.2 Å². The molecule has 26 heavy (non-hydrogen) atoms. The Labute approximate surface area is 155 Å². The maximum absolute atomic E-state index is 12.8. The smallest absolute Gasteiger partial charge is 0.303 e. The summed E-state index contributed by atoms with van der Waals surface area (Å²) in [6.45, 7) is 0.467. The van der Waals surface area contributed by atoms with Crippen molar-refractivity contribution in [2.45, 2.75) is 19.4 Å². The number of carbonyl (C=O) groups is 2. The highest BCUT2D eigenvalue weighted by Gasteiger charge is 2.19. The molecule has 0 aliphatic heterocycles. The number of hydrogen-bond acceptors (Lipinski definition) is 4. The fraction of sp³-hybridized carbons (Fsp3) is 0.222. The highest BCUT2D eigenvalue weighted by Crippen LogP contribution is 2.18. The van der Waals surface area contributed by atoms with Crippen molar-refractivity contribution in [2.24, 2.45) is 0 Å². The Morgan fingerprint density at radius 3 is 2.46 bits per heavy atom. The van der Waals surface area contributed by atoms with Crippen LogP contribution in [0.5, 0.6) is 0 Å². The van der Waals surface area contributed by atoms with Gasteiger partial charge in [0.05, 0.1) is 4.92 Å². The summed E-state index contributed by atoms with van der Waals surface area (Å²) in [5.74, 6) is -1.34. The fourth-order valence-electron chi connectivity index (χ4n) is 2.42. The molecule has 0 bridgehead atoms. The molecule has 0 saturated heterocycles. The van der Waals surface area contributed by atoms with Crippen molar-refractivity contribution in [3.05, 3.63) is 74.8 Å². The molecule has 0 aliphatic carbocycles. The zero-order valence-electron chi connectivity index (χ0n) is 13.8. The van der Waals surface area contributed by atoms with Crippen molar-refractivity contribution in [1.29, 1.82) is 0 Å². The van der Waals surface area contributed by atoms with Crippen molar-refractivity contribution in [2.75, 3.05) is 6.54 Å². The molecule has 0 spiro atoms. The molecular formula is C18H17ClN2O5. The van der Waals surface area contributed by atoms with Crippen molar-refractivity contribution in [3.8, 4) is 0 Å². The number of nitro benzene ring substituents is 1. The molecule has 0 aromatic heterocycles. The SMILES string of the molecule is O=C(O)CCCN(Cc1ccc(Cl)cc1)C(=O)c1cccc([N+](=O)[O-])c1. The minimum Gasteiger partial charge on any atom is -0.481 e. The topological polar surface area (TPSA) is 101 Å². The molecule has 0 fully saturated rings. The summed E-state index contributed by atoms with van der Waals surface area (Å²) >= 11 is 5.86. The number of nitro groups is 1. The van der Waals surface area contributed by atoms with Gasteiger partial charge < -0.3 is 10.0 Å². The van der Waals surface area contributed by atoms with Crippen LogP contribution in [0.4, 0.5) is 5.69 Å². The summed E-state index contributed by atoms with van der Waals surface area (Å²) in [6.07, 6.45) is 0.211. The van der Waals surface area contributed by atoms with Crippen molar-refractivity contribution in [1.82, 2.24) is 4.90 Å². The number of benzene rings is 2. The number of carboxylic acid groups (broad SMARTS) is 1. The average Bonchev–Trinajstić information content (AvgIpc) is 2.62. The van der Waals surface area contributed by atoms with E-state index in [4.69, 9.17) is 16.7 Å². The van der Waals surface area contributed by atoms with Crippen LogP contribution in [0.25, 0.3) is 0 Å². The second kappa shape index (κ2) is 8.96. The van der Waals surface area contributed by atoms with Gasteiger partial charge in [0.25, 0.3) is 11.6 Å². The first-order valence-electron chi connectivity index (χ1n) is 7.87. The van der Waals surface area contributed by atoms with Crippen LogP contribution in [0.3, 0.4) is 0 Å². The third-order valence-electron chi connectivity index (χ3n) is 3.70. The van der Waals surface area contributed by atoms with Crippen molar-refractivity contribution >= 4 is 29.2 Å². The van der Waals surface area contributed by atoms with E-state index < -0.39 is 16.8 Å². The Morgan fingerprint density at radius 1 is 1.15 bits per heavy atom. The first-order chi connectivity index (χ1) is 12.4. The lowest BCUT2D eigenvalue weighted by Gasteiger charge is -2.23. The monoisotopic (exact) mass is 376 g/mol. The number of carboxylic acids is 1. The van der Waals surface area contributed by atoms with Gasteiger partial charge in [-0.3, -0.25) is 19.7 Å². The van der Waals surface area contributed by atoms with Gasteiger partial charge in [-0.25, -0.2) is 0 Å². The molecule has 0 heterocycles. The number of non-ortho nitro benzene ring substituents is 1. The van der Waals surface area contributed by atoms with E-state index in [1.807, 2.05) is 0 Å². The molecule has 2 aromatic carbocycles. The summed E-state index contributed by atoms with van der Waals surface area (Å²) in [5, 5.41) is 20.3. The molecule has 0 saturated carbocycles. The number of halogens is 1. The van der Waals surface area contributed by atoms with E-state index in [2.05, 4.69) is 0 Å². The molecular weight excluding hydrogens is 360 g/mol. The van der Waals surface area contributed by atoms with Gasteiger partial charge in [-0.1, -0.05) is 29.8 Å². The summed E-state index contributed by atoms with van der Waals surface area (Å²) in [5.41, 5.74) is 0.833. The van der Waals surface area contributed by atoms with Gasteiger partial charge in [-0.2, -0.15) is 0 Å². The standard InChI is InChI=1S/C18H17ClN2O5/c19-15-8-6-13(7-9-15)12-20(10-2-5-17(22)23)18(24)14-3-1-4-16(11-14)21(25)26/h1,3-4,6-9,11H,2,5,10,12H2,(H,22,23). The summed E-state index contributed by atoms with van der Waals surface area (Å²) in [6, 6.07) is 12.4. The number of nitrogens with zero attached hydrogens (tertiary/aromatic N) is 2. The maximum Gasteiger partial charge on any atom is 0.303 e. The van der Waals surface area contributed by atoms with Crippen LogP contribution in [0, 0.1) is 10.1 Å². The van der Waals surface area contributed by atoms with Gasteiger partial charge in [-0.15, -0.1) is 0 Å². The molecule has 7 nitrogen and oxygen atoms in total. The van der Waals surface area contributed by atoms with E-state index >= 15 is 0 Å². The largest absolute Gasteiger partial charge is 0.481 e. The van der Waals surface area contributed by atoms with Crippen LogP contribution in [0.15, 0.2) is 48.5 Å². The molecule has 2 aromatic rings.